The van der Waals surface area contributed by atoms with Crippen LogP contribution in [-0.2, 0) is 13.0 Å². The topological polar surface area (TPSA) is 42.7 Å². The van der Waals surface area contributed by atoms with Crippen LogP contribution in [-0.4, -0.2) is 38.4 Å². The van der Waals surface area contributed by atoms with E-state index in [4.69, 9.17) is 0 Å². The lowest BCUT2D eigenvalue weighted by atomic mass is 10.1. The van der Waals surface area contributed by atoms with Crippen LogP contribution in [0.25, 0.3) is 0 Å². The molecule has 2 rings (SSSR count). The van der Waals surface area contributed by atoms with E-state index in [-0.39, 0.29) is 0 Å². The van der Waals surface area contributed by atoms with E-state index in [0.717, 1.165) is 30.6 Å². The summed E-state index contributed by atoms with van der Waals surface area (Å²) in [6.45, 7) is 6.55. The Morgan fingerprint density at radius 1 is 1.62 bits per heavy atom. The van der Waals surface area contributed by atoms with E-state index in [1.165, 1.54) is 12.2 Å². The minimum Gasteiger partial charge on any atom is -0.311 e. The van der Waals surface area contributed by atoms with Crippen LogP contribution < -0.4 is 5.32 Å². The molecule has 16 heavy (non-hydrogen) atoms. The summed E-state index contributed by atoms with van der Waals surface area (Å²) >= 11 is 2.01. The number of fused-ring (bicyclic) bond motifs is 1. The van der Waals surface area contributed by atoms with Crippen LogP contribution in [0.2, 0.25) is 0 Å². The van der Waals surface area contributed by atoms with Crippen LogP contribution in [0.15, 0.2) is 6.33 Å². The molecule has 1 aliphatic rings. The summed E-state index contributed by atoms with van der Waals surface area (Å²) in [5.74, 6) is 2.33. The minimum absolute atomic E-state index is 0.571. The van der Waals surface area contributed by atoms with E-state index < -0.39 is 0 Å². The third-order valence-electron chi connectivity index (χ3n) is 2.79. The summed E-state index contributed by atoms with van der Waals surface area (Å²) in [6, 6.07) is 0.571. The molecule has 5 heteroatoms. The van der Waals surface area contributed by atoms with Crippen molar-refractivity contribution in [1.82, 2.24) is 20.1 Å². The highest BCUT2D eigenvalue weighted by Crippen LogP contribution is 2.12. The summed E-state index contributed by atoms with van der Waals surface area (Å²) in [5, 5.41) is 8.55. The van der Waals surface area contributed by atoms with E-state index in [1.54, 1.807) is 6.33 Å². The van der Waals surface area contributed by atoms with Gasteiger partial charge in [0.15, 0.2) is 0 Å². The van der Waals surface area contributed by atoms with Gasteiger partial charge in [-0.05, 0) is 11.7 Å². The zero-order valence-corrected chi connectivity index (χ0v) is 10.8. The van der Waals surface area contributed by atoms with Crippen molar-refractivity contribution in [2.24, 2.45) is 0 Å². The number of hydrogen-bond acceptors (Lipinski definition) is 4. The first-order valence-electron chi connectivity index (χ1n) is 5.97. The van der Waals surface area contributed by atoms with Crippen molar-refractivity contribution in [2.75, 3.05) is 12.3 Å². The van der Waals surface area contributed by atoms with E-state index in [9.17, 15) is 0 Å². The van der Waals surface area contributed by atoms with Gasteiger partial charge in [0.25, 0.3) is 0 Å². The molecule has 0 saturated carbocycles. The van der Waals surface area contributed by atoms with Crippen molar-refractivity contribution in [2.45, 2.75) is 44.5 Å². The fourth-order valence-corrected chi connectivity index (χ4v) is 2.67. The van der Waals surface area contributed by atoms with Crippen molar-refractivity contribution in [3.05, 3.63) is 12.2 Å². The van der Waals surface area contributed by atoms with Gasteiger partial charge >= 0.3 is 0 Å². The van der Waals surface area contributed by atoms with Crippen LogP contribution in [0.1, 0.15) is 26.1 Å². The highest BCUT2D eigenvalue weighted by Gasteiger charge is 2.18. The van der Waals surface area contributed by atoms with Crippen LogP contribution in [0.3, 0.4) is 0 Å². The molecule has 0 radical (unpaired) electrons. The Bertz CT molecular complexity index is 324. The van der Waals surface area contributed by atoms with Crippen LogP contribution in [0.5, 0.6) is 0 Å². The first-order valence-corrected chi connectivity index (χ1v) is 7.02. The lowest BCUT2D eigenvalue weighted by molar-refractivity contribution is 0.366. The number of thioether (sulfide) groups is 1. The Labute approximate surface area is 101 Å². The lowest BCUT2D eigenvalue weighted by Crippen LogP contribution is -2.39. The van der Waals surface area contributed by atoms with Crippen LogP contribution in [0.4, 0.5) is 0 Å². The number of aromatic nitrogens is 3. The van der Waals surface area contributed by atoms with Gasteiger partial charge in [0.1, 0.15) is 12.2 Å². The molecule has 90 valence electrons. The number of hydrogen-bond donors (Lipinski definition) is 1. The molecular formula is C11H20N4S. The molecule has 1 aromatic rings. The Morgan fingerprint density at radius 3 is 3.31 bits per heavy atom. The first-order chi connectivity index (χ1) is 7.75. The molecule has 1 N–H and O–H groups in total. The van der Waals surface area contributed by atoms with Crippen molar-refractivity contribution < 1.29 is 0 Å². The van der Waals surface area contributed by atoms with Gasteiger partial charge in [0, 0.05) is 24.8 Å². The summed E-state index contributed by atoms with van der Waals surface area (Å²) in [6.07, 6.45) is 3.90. The fraction of sp³-hybridized carbons (Fsp3) is 0.818. The third-order valence-corrected chi connectivity index (χ3v) is 3.90. The molecule has 1 atom stereocenters. The Balaban J connectivity index is 1.69. The molecule has 0 aromatic carbocycles. The average molecular weight is 240 g/mol. The van der Waals surface area contributed by atoms with Gasteiger partial charge in [0.05, 0.1) is 6.54 Å². The van der Waals surface area contributed by atoms with Gasteiger partial charge in [-0.15, -0.1) is 0 Å². The molecule has 1 aromatic heterocycles. The zero-order valence-electron chi connectivity index (χ0n) is 10.0. The summed E-state index contributed by atoms with van der Waals surface area (Å²) in [4.78, 5) is 4.23. The standard InChI is InChI=1S/C11H20N4S/c1-9(2)16-6-5-12-10-3-4-11-13-8-14-15(11)7-10/h8-10,12H,3-7H2,1-2H3. The van der Waals surface area contributed by atoms with E-state index in [2.05, 4.69) is 29.2 Å². The van der Waals surface area contributed by atoms with E-state index in [1.807, 2.05) is 16.4 Å². The SMILES string of the molecule is CC(C)SCCNC1CCc2ncnn2C1. The molecule has 1 unspecified atom stereocenters. The van der Waals surface area contributed by atoms with Gasteiger partial charge in [-0.3, -0.25) is 0 Å². The van der Waals surface area contributed by atoms with Crippen LogP contribution >= 0.6 is 11.8 Å². The van der Waals surface area contributed by atoms with Crippen molar-refractivity contribution in [3.63, 3.8) is 0 Å². The normalized spacial score (nSPS) is 20.1. The number of rotatable bonds is 5. The third kappa shape index (κ3) is 3.22. The van der Waals surface area contributed by atoms with E-state index in [0.29, 0.717) is 6.04 Å². The zero-order chi connectivity index (χ0) is 11.4. The fourth-order valence-electron chi connectivity index (χ4n) is 1.96. The van der Waals surface area contributed by atoms with Gasteiger partial charge < -0.3 is 5.32 Å². The maximum atomic E-state index is 4.23. The molecule has 0 aliphatic carbocycles. The van der Waals surface area contributed by atoms with Crippen molar-refractivity contribution in [1.29, 1.82) is 0 Å². The minimum atomic E-state index is 0.571. The first kappa shape index (κ1) is 11.9. The van der Waals surface area contributed by atoms with Gasteiger partial charge in [-0.1, -0.05) is 13.8 Å². The summed E-state index contributed by atoms with van der Waals surface area (Å²) < 4.78 is 2.02. The molecule has 0 fully saturated rings. The molecule has 0 bridgehead atoms. The lowest BCUT2D eigenvalue weighted by Gasteiger charge is -2.23. The van der Waals surface area contributed by atoms with Crippen molar-refractivity contribution >= 4 is 11.8 Å². The number of aryl methyl sites for hydroxylation is 1. The highest BCUT2D eigenvalue weighted by molar-refractivity contribution is 7.99. The second kappa shape index (κ2) is 5.68. The monoisotopic (exact) mass is 240 g/mol. The second-order valence-electron chi connectivity index (χ2n) is 4.47. The molecular weight excluding hydrogens is 220 g/mol. The summed E-state index contributed by atoms with van der Waals surface area (Å²) in [5.41, 5.74) is 0. The van der Waals surface area contributed by atoms with Crippen molar-refractivity contribution in [3.8, 4) is 0 Å². The maximum absolute atomic E-state index is 4.23. The summed E-state index contributed by atoms with van der Waals surface area (Å²) in [7, 11) is 0. The largest absolute Gasteiger partial charge is 0.311 e. The molecule has 0 amide bonds. The Hall–Kier alpha value is -0.550. The van der Waals surface area contributed by atoms with Crippen LogP contribution in [0, 0.1) is 0 Å². The number of nitrogens with zero attached hydrogens (tertiary/aromatic N) is 3. The average Bonchev–Trinajstić information content (AvgIpc) is 2.71. The molecule has 0 saturated heterocycles. The maximum Gasteiger partial charge on any atom is 0.138 e. The van der Waals surface area contributed by atoms with Gasteiger partial charge in [-0.2, -0.15) is 16.9 Å². The Morgan fingerprint density at radius 2 is 2.50 bits per heavy atom. The predicted molar refractivity (Wildman–Crippen MR) is 67.7 cm³/mol. The van der Waals surface area contributed by atoms with Gasteiger partial charge in [-0.25, -0.2) is 9.67 Å². The highest BCUT2D eigenvalue weighted by atomic mass is 32.2. The molecule has 4 nitrogen and oxygen atoms in total. The second-order valence-corrected chi connectivity index (χ2v) is 6.15. The van der Waals surface area contributed by atoms with E-state index >= 15 is 0 Å². The molecule has 1 aliphatic heterocycles. The molecule has 0 spiro atoms. The predicted octanol–water partition coefficient (Wildman–Crippen LogP) is 1.32. The quantitative estimate of drug-likeness (QED) is 0.788. The smallest absolute Gasteiger partial charge is 0.138 e. The Kier molecular flexibility index (Phi) is 4.23. The number of nitrogens with one attached hydrogen (secondary N) is 1. The molecule has 2 heterocycles. The van der Waals surface area contributed by atoms with Gasteiger partial charge in [0.2, 0.25) is 0 Å².